The van der Waals surface area contributed by atoms with Gasteiger partial charge in [-0.15, -0.1) is 0 Å². The smallest absolute Gasteiger partial charge is 0.220 e. The van der Waals surface area contributed by atoms with E-state index in [-0.39, 0.29) is 12.5 Å². The van der Waals surface area contributed by atoms with E-state index in [4.69, 9.17) is 0 Å². The first-order valence-corrected chi connectivity index (χ1v) is 30.7. The van der Waals surface area contributed by atoms with Crippen LogP contribution in [0.1, 0.15) is 284 Å². The molecule has 1 amide bonds. The van der Waals surface area contributed by atoms with Crippen LogP contribution in [0.4, 0.5) is 0 Å². The lowest BCUT2D eigenvalue weighted by Gasteiger charge is -2.19. The zero-order valence-corrected chi connectivity index (χ0v) is 47.4. The van der Waals surface area contributed by atoms with Crippen molar-refractivity contribution in [2.45, 2.75) is 296 Å². The van der Waals surface area contributed by atoms with Crippen LogP contribution in [0.2, 0.25) is 0 Å². The van der Waals surface area contributed by atoms with Crippen LogP contribution in [-0.2, 0) is 4.79 Å². The lowest BCUT2D eigenvalue weighted by atomic mass is 10.0. The summed E-state index contributed by atoms with van der Waals surface area (Å²) >= 11 is 0. The van der Waals surface area contributed by atoms with E-state index in [1.807, 2.05) is 6.08 Å². The third-order valence-electron chi connectivity index (χ3n) is 13.4. The number of rotatable bonds is 55. The van der Waals surface area contributed by atoms with Gasteiger partial charge in [0.25, 0.3) is 0 Å². The first kappa shape index (κ1) is 68.8. The van der Waals surface area contributed by atoms with E-state index in [1.165, 1.54) is 167 Å². The van der Waals surface area contributed by atoms with Crippen molar-refractivity contribution in [2.75, 3.05) is 6.61 Å². The van der Waals surface area contributed by atoms with Crippen molar-refractivity contribution < 1.29 is 15.0 Å². The van der Waals surface area contributed by atoms with Gasteiger partial charge >= 0.3 is 0 Å². The number of amides is 1. The maximum absolute atomic E-state index is 12.5. The number of aliphatic hydroxyl groups excluding tert-OH is 2. The molecular weight excluding hydrogens is 879 g/mol. The van der Waals surface area contributed by atoms with Crippen LogP contribution in [0.25, 0.3) is 0 Å². The SMILES string of the molecule is CC/C=C\C/C=C\C/C=C\C/C=C\C/C=C\C/C=C\C/C=C\CCCCCCCCCC(=O)NC(CO)C(O)/C=C/CC/C=C/CC/C=C/CCCCCCCCCCCCCCCCCCCCCCC. The molecule has 0 aromatic heterocycles. The minimum Gasteiger partial charge on any atom is -0.394 e. The second kappa shape index (κ2) is 62.1. The lowest BCUT2D eigenvalue weighted by Crippen LogP contribution is -2.45. The Balaban J connectivity index is 3.62. The molecule has 0 fully saturated rings. The summed E-state index contributed by atoms with van der Waals surface area (Å²) in [6, 6.07) is -0.663. The fourth-order valence-electron chi connectivity index (χ4n) is 8.78. The normalized spacial score (nSPS) is 13.7. The second-order valence-electron chi connectivity index (χ2n) is 20.4. The number of allylic oxidation sites excluding steroid dienone is 19. The maximum atomic E-state index is 12.5. The number of carbonyl (C=O) groups excluding carboxylic acids is 1. The largest absolute Gasteiger partial charge is 0.394 e. The molecule has 0 aromatic rings. The van der Waals surface area contributed by atoms with Crippen LogP contribution in [-0.4, -0.2) is 34.9 Å². The summed E-state index contributed by atoms with van der Waals surface area (Å²) in [7, 11) is 0. The zero-order chi connectivity index (χ0) is 52.0. The molecule has 4 nitrogen and oxygen atoms in total. The number of aliphatic hydroxyl groups is 2. The van der Waals surface area contributed by atoms with Gasteiger partial charge in [0.2, 0.25) is 5.91 Å². The molecule has 0 heterocycles. The van der Waals surface area contributed by atoms with Crippen LogP contribution < -0.4 is 5.32 Å². The van der Waals surface area contributed by atoms with Gasteiger partial charge in [-0.25, -0.2) is 0 Å². The van der Waals surface area contributed by atoms with Crippen LogP contribution in [0.15, 0.2) is 122 Å². The minimum absolute atomic E-state index is 0.0924. The molecule has 0 aliphatic rings. The molecule has 0 bridgehead atoms. The molecule has 0 aliphatic heterocycles. The summed E-state index contributed by atoms with van der Waals surface area (Å²) in [5.41, 5.74) is 0. The van der Waals surface area contributed by atoms with Gasteiger partial charge in [-0.2, -0.15) is 0 Å². The first-order valence-electron chi connectivity index (χ1n) is 30.7. The molecule has 0 saturated heterocycles. The van der Waals surface area contributed by atoms with Gasteiger partial charge in [0.05, 0.1) is 18.8 Å². The van der Waals surface area contributed by atoms with Crippen molar-refractivity contribution in [3.05, 3.63) is 122 Å². The van der Waals surface area contributed by atoms with Crippen LogP contribution in [0, 0.1) is 0 Å². The molecule has 2 unspecified atom stereocenters. The Morgan fingerprint density at radius 1 is 0.347 bits per heavy atom. The summed E-state index contributed by atoms with van der Waals surface area (Å²) in [6.07, 6.45) is 95.2. The number of hydrogen-bond acceptors (Lipinski definition) is 3. The average Bonchev–Trinajstić information content (AvgIpc) is 3.39. The molecule has 0 saturated carbocycles. The average molecular weight is 997 g/mol. The topological polar surface area (TPSA) is 69.6 Å². The summed E-state index contributed by atoms with van der Waals surface area (Å²) in [5, 5.41) is 23.2. The third-order valence-corrected chi connectivity index (χ3v) is 13.4. The van der Waals surface area contributed by atoms with Crippen molar-refractivity contribution in [3.8, 4) is 0 Å². The molecule has 0 spiro atoms. The first-order chi connectivity index (χ1) is 35.7. The van der Waals surface area contributed by atoms with Crippen molar-refractivity contribution in [1.82, 2.24) is 5.32 Å². The van der Waals surface area contributed by atoms with Crippen molar-refractivity contribution in [3.63, 3.8) is 0 Å². The van der Waals surface area contributed by atoms with Gasteiger partial charge in [-0.1, -0.05) is 296 Å². The van der Waals surface area contributed by atoms with Gasteiger partial charge in [0.1, 0.15) is 0 Å². The maximum Gasteiger partial charge on any atom is 0.220 e. The van der Waals surface area contributed by atoms with Crippen molar-refractivity contribution >= 4 is 5.91 Å². The van der Waals surface area contributed by atoms with E-state index in [2.05, 4.69) is 129 Å². The number of unbranched alkanes of at least 4 members (excludes halogenated alkanes) is 30. The second-order valence-corrected chi connectivity index (χ2v) is 20.4. The van der Waals surface area contributed by atoms with E-state index in [0.717, 1.165) is 96.3 Å². The highest BCUT2D eigenvalue weighted by atomic mass is 16.3. The minimum atomic E-state index is -0.886. The Labute approximate surface area is 448 Å². The summed E-state index contributed by atoms with van der Waals surface area (Å²) in [6.45, 7) is 4.19. The highest BCUT2D eigenvalue weighted by Crippen LogP contribution is 2.16. The van der Waals surface area contributed by atoms with E-state index in [1.54, 1.807) is 6.08 Å². The van der Waals surface area contributed by atoms with E-state index >= 15 is 0 Å². The quantitative estimate of drug-likeness (QED) is 0.0420. The van der Waals surface area contributed by atoms with Crippen LogP contribution >= 0.6 is 0 Å². The molecule has 0 rings (SSSR count). The molecule has 2 atom stereocenters. The monoisotopic (exact) mass is 996 g/mol. The van der Waals surface area contributed by atoms with Gasteiger partial charge in [-0.05, 0) is 103 Å². The lowest BCUT2D eigenvalue weighted by molar-refractivity contribution is -0.123. The molecule has 3 N–H and O–H groups in total. The zero-order valence-electron chi connectivity index (χ0n) is 47.4. The molecule has 72 heavy (non-hydrogen) atoms. The van der Waals surface area contributed by atoms with Crippen LogP contribution in [0.3, 0.4) is 0 Å². The van der Waals surface area contributed by atoms with Crippen LogP contribution in [0.5, 0.6) is 0 Å². The predicted molar refractivity (Wildman–Crippen MR) is 322 cm³/mol. The number of nitrogens with one attached hydrogen (secondary N) is 1. The fourth-order valence-corrected chi connectivity index (χ4v) is 8.78. The predicted octanol–water partition coefficient (Wildman–Crippen LogP) is 20.8. The molecule has 0 aromatic carbocycles. The molecule has 0 aliphatic carbocycles. The fraction of sp³-hybridized carbons (Fsp3) is 0.691. The highest BCUT2D eigenvalue weighted by Gasteiger charge is 2.18. The van der Waals surface area contributed by atoms with Gasteiger partial charge in [0, 0.05) is 6.42 Å². The van der Waals surface area contributed by atoms with Crippen molar-refractivity contribution in [2.24, 2.45) is 0 Å². The standard InChI is InChI=1S/C68H117NO3/c1-3-5-7-9-11-13-15-17-19-21-23-25-27-29-31-33-34-36-37-39-41-43-45-47-49-51-53-55-57-59-61-63-67(71)66(65-70)69-68(72)64-62-60-58-56-54-52-50-48-46-44-42-40-38-35-32-30-28-26-24-22-20-18-16-14-12-10-8-6-4-2/h6,8,12,14,18,20,24,26,30,32,38,40,44-47,53,55,61,63,66-67,70-71H,3-5,7,9-11,13,15-17,19,21-23,25,27-29,31,33-37,39,41-43,48-52,54,56-60,62,64-65H2,1-2H3,(H,69,72)/b8-6-,14-12-,20-18-,26-24-,32-30-,40-38-,46-44-,47-45+,55-53+,63-61+. The summed E-state index contributed by atoms with van der Waals surface area (Å²) in [4.78, 5) is 12.5. The van der Waals surface area contributed by atoms with Gasteiger partial charge in [0.15, 0.2) is 0 Å². The highest BCUT2D eigenvalue weighted by molar-refractivity contribution is 5.76. The van der Waals surface area contributed by atoms with Gasteiger partial charge < -0.3 is 15.5 Å². The van der Waals surface area contributed by atoms with E-state index < -0.39 is 12.1 Å². The molecule has 0 radical (unpaired) electrons. The van der Waals surface area contributed by atoms with Crippen molar-refractivity contribution in [1.29, 1.82) is 0 Å². The summed E-state index contributed by atoms with van der Waals surface area (Å²) in [5.74, 6) is -0.0924. The number of hydrogen-bond donors (Lipinski definition) is 3. The molecular formula is C68H117NO3. The Hall–Kier alpha value is -3.21. The third kappa shape index (κ3) is 57.7. The number of carbonyl (C=O) groups is 1. The molecule has 4 heteroatoms. The Kier molecular flexibility index (Phi) is 59.3. The van der Waals surface area contributed by atoms with Gasteiger partial charge in [-0.3, -0.25) is 4.79 Å². The summed E-state index contributed by atoms with van der Waals surface area (Å²) < 4.78 is 0. The molecule has 412 valence electrons. The Morgan fingerprint density at radius 3 is 0.972 bits per heavy atom. The van der Waals surface area contributed by atoms with E-state index in [0.29, 0.717) is 6.42 Å². The Morgan fingerprint density at radius 2 is 0.625 bits per heavy atom. The van der Waals surface area contributed by atoms with E-state index in [9.17, 15) is 15.0 Å². The Bertz CT molecular complexity index is 1410.